The van der Waals surface area contributed by atoms with Crippen molar-refractivity contribution < 1.29 is 0 Å². The Balaban J connectivity index is 0.00000109. The van der Waals surface area contributed by atoms with Gasteiger partial charge < -0.3 is 0 Å². The van der Waals surface area contributed by atoms with E-state index in [1.165, 1.54) is 42.5 Å². The number of nitrogens with zero attached hydrogens (tertiary/aromatic N) is 1. The highest BCUT2D eigenvalue weighted by Crippen LogP contribution is 2.56. The number of hydrogen-bond acceptors (Lipinski definition) is 1. The summed E-state index contributed by atoms with van der Waals surface area (Å²) < 4.78 is 0. The van der Waals surface area contributed by atoms with Crippen LogP contribution in [0.3, 0.4) is 0 Å². The molecule has 2 aromatic rings. The van der Waals surface area contributed by atoms with Crippen LogP contribution in [0, 0.1) is 6.92 Å². The summed E-state index contributed by atoms with van der Waals surface area (Å²) in [6.07, 6.45) is 8.76. The fourth-order valence-corrected chi connectivity index (χ4v) is 4.84. The van der Waals surface area contributed by atoms with Crippen LogP contribution in [0.5, 0.6) is 0 Å². The van der Waals surface area contributed by atoms with Crippen LogP contribution in [0.25, 0.3) is 6.08 Å². The third-order valence-electron chi connectivity index (χ3n) is 6.98. The fraction of sp³-hybridized carbons (Fsp3) is 0.444. The van der Waals surface area contributed by atoms with E-state index in [2.05, 4.69) is 78.6 Å². The average Bonchev–Trinajstić information content (AvgIpc) is 3.49. The predicted molar refractivity (Wildman–Crippen MR) is 122 cm³/mol. The number of fused-ring (bicyclic) bond motifs is 1. The molecule has 1 aromatic carbocycles. The molecule has 1 nitrogen and oxygen atoms in total. The van der Waals surface area contributed by atoms with E-state index in [1.807, 2.05) is 12.3 Å². The molecule has 1 heterocycles. The second kappa shape index (κ2) is 7.03. The lowest BCUT2D eigenvalue weighted by molar-refractivity contribution is 0.331. The van der Waals surface area contributed by atoms with Crippen LogP contribution in [-0.2, 0) is 16.2 Å². The molecule has 1 fully saturated rings. The summed E-state index contributed by atoms with van der Waals surface area (Å²) in [7, 11) is 0. The molecule has 0 amide bonds. The lowest BCUT2D eigenvalue weighted by atomic mass is 9.62. The van der Waals surface area contributed by atoms with Crippen molar-refractivity contribution >= 4 is 6.08 Å². The third kappa shape index (κ3) is 3.26. The zero-order valence-corrected chi connectivity index (χ0v) is 18.4. The Morgan fingerprint density at radius 1 is 0.857 bits per heavy atom. The number of pyridine rings is 1. The van der Waals surface area contributed by atoms with E-state index < -0.39 is 0 Å². The van der Waals surface area contributed by atoms with Gasteiger partial charge in [-0.25, -0.2) is 0 Å². The van der Waals surface area contributed by atoms with Crippen LogP contribution in [0.15, 0.2) is 50.2 Å². The fourth-order valence-electron chi connectivity index (χ4n) is 4.84. The molecule has 0 unspecified atom stereocenters. The Bertz CT molecular complexity index is 879. The highest BCUT2D eigenvalue weighted by Gasteiger charge is 2.49. The molecular formula is C27H35N. The Morgan fingerprint density at radius 3 is 1.89 bits per heavy atom. The minimum absolute atomic E-state index is 0.122. The molecule has 1 saturated carbocycles. The van der Waals surface area contributed by atoms with Gasteiger partial charge in [0.25, 0.3) is 0 Å². The molecule has 28 heavy (non-hydrogen) atoms. The maximum absolute atomic E-state index is 4.81. The van der Waals surface area contributed by atoms with Crippen molar-refractivity contribution in [2.24, 2.45) is 0 Å². The summed E-state index contributed by atoms with van der Waals surface area (Å²) in [5.41, 5.74) is 9.01. The van der Waals surface area contributed by atoms with Crippen LogP contribution in [-0.4, -0.2) is 4.98 Å². The van der Waals surface area contributed by atoms with Gasteiger partial charge in [0.2, 0.25) is 0 Å². The summed E-state index contributed by atoms with van der Waals surface area (Å²) in [5.74, 6) is 0. The van der Waals surface area contributed by atoms with E-state index >= 15 is 0 Å². The molecule has 4 rings (SSSR count). The van der Waals surface area contributed by atoms with E-state index in [0.29, 0.717) is 0 Å². The highest BCUT2D eigenvalue weighted by molar-refractivity contribution is 5.54. The summed E-state index contributed by atoms with van der Waals surface area (Å²) in [6.45, 7) is 21.8. The van der Waals surface area contributed by atoms with Gasteiger partial charge >= 0.3 is 0 Å². The quantitative estimate of drug-likeness (QED) is 0.516. The monoisotopic (exact) mass is 373 g/mol. The van der Waals surface area contributed by atoms with Crippen LogP contribution in [0.2, 0.25) is 0 Å². The molecule has 2 aliphatic rings. The first kappa shape index (κ1) is 20.6. The molecule has 0 N–H and O–H groups in total. The molecule has 2 aliphatic carbocycles. The Hall–Kier alpha value is -2.15. The zero-order valence-electron chi connectivity index (χ0n) is 18.4. The first-order valence-corrected chi connectivity index (χ1v) is 10.4. The minimum atomic E-state index is 0.122. The van der Waals surface area contributed by atoms with E-state index in [-0.39, 0.29) is 16.2 Å². The second-order valence-electron chi connectivity index (χ2n) is 9.74. The van der Waals surface area contributed by atoms with Gasteiger partial charge in [-0.05, 0) is 77.3 Å². The topological polar surface area (TPSA) is 12.9 Å². The van der Waals surface area contributed by atoms with E-state index in [4.69, 9.17) is 4.98 Å². The summed E-state index contributed by atoms with van der Waals surface area (Å²) in [6, 6.07) is 9.39. The van der Waals surface area contributed by atoms with E-state index in [0.717, 1.165) is 5.56 Å². The molecule has 0 radical (unpaired) electrons. The maximum atomic E-state index is 4.81. The molecule has 0 atom stereocenters. The number of aryl methyl sites for hydroxylation is 1. The maximum Gasteiger partial charge on any atom is 0.0509 e. The van der Waals surface area contributed by atoms with Crippen molar-refractivity contribution in [3.8, 4) is 0 Å². The largest absolute Gasteiger partial charge is 0.260 e. The molecule has 148 valence electrons. The van der Waals surface area contributed by atoms with Crippen molar-refractivity contribution in [3.05, 3.63) is 83.7 Å². The standard InChI is InChI=1S/C25H31N.C2H4/c1-7-18-8-9-22(26-16-18)25(12-13-25)19-15-21-20(14-17(19)2)23(3,4)10-11-24(21,5)6;1-2/h7-9,14-16H,1,10-13H2,2-6H3;1-2H2. The van der Waals surface area contributed by atoms with Crippen LogP contribution in [0.4, 0.5) is 0 Å². The SMILES string of the molecule is C=C.C=Cc1ccc(C2(c3cc4c(cc3C)C(C)(C)CCC4(C)C)CC2)nc1. The Kier molecular flexibility index (Phi) is 5.17. The van der Waals surface area contributed by atoms with E-state index in [1.54, 1.807) is 11.1 Å². The van der Waals surface area contributed by atoms with Gasteiger partial charge in [-0.1, -0.05) is 58.5 Å². The number of rotatable bonds is 3. The normalized spacial score (nSPS) is 20.3. The first-order valence-electron chi connectivity index (χ1n) is 10.4. The molecule has 0 spiro atoms. The Labute approximate surface area is 171 Å². The molecular weight excluding hydrogens is 338 g/mol. The number of aromatic nitrogens is 1. The number of hydrogen-bond donors (Lipinski definition) is 0. The van der Waals surface area contributed by atoms with Gasteiger partial charge in [-0.15, -0.1) is 13.2 Å². The molecule has 1 aromatic heterocycles. The van der Waals surface area contributed by atoms with E-state index in [9.17, 15) is 0 Å². The van der Waals surface area contributed by atoms with Gasteiger partial charge in [0, 0.05) is 11.6 Å². The summed E-state index contributed by atoms with van der Waals surface area (Å²) in [4.78, 5) is 4.81. The molecule has 0 saturated heterocycles. The van der Waals surface area contributed by atoms with Crippen molar-refractivity contribution in [1.29, 1.82) is 0 Å². The smallest absolute Gasteiger partial charge is 0.0509 e. The summed E-state index contributed by atoms with van der Waals surface area (Å²) >= 11 is 0. The Morgan fingerprint density at radius 2 is 1.43 bits per heavy atom. The minimum Gasteiger partial charge on any atom is -0.260 e. The summed E-state index contributed by atoms with van der Waals surface area (Å²) in [5, 5.41) is 0. The molecule has 0 aliphatic heterocycles. The highest BCUT2D eigenvalue weighted by atomic mass is 14.7. The average molecular weight is 374 g/mol. The van der Waals surface area contributed by atoms with Crippen LogP contribution < -0.4 is 0 Å². The lowest BCUT2D eigenvalue weighted by Gasteiger charge is -2.43. The molecule has 0 bridgehead atoms. The first-order chi connectivity index (χ1) is 13.2. The van der Waals surface area contributed by atoms with Crippen molar-refractivity contribution in [3.63, 3.8) is 0 Å². The van der Waals surface area contributed by atoms with Gasteiger partial charge in [-0.3, -0.25) is 4.98 Å². The van der Waals surface area contributed by atoms with Crippen molar-refractivity contribution in [2.75, 3.05) is 0 Å². The van der Waals surface area contributed by atoms with Crippen molar-refractivity contribution in [2.45, 2.75) is 76.5 Å². The van der Waals surface area contributed by atoms with Gasteiger partial charge in [0.1, 0.15) is 0 Å². The number of benzene rings is 1. The van der Waals surface area contributed by atoms with Gasteiger partial charge in [0.15, 0.2) is 0 Å². The van der Waals surface area contributed by atoms with Crippen LogP contribution >= 0.6 is 0 Å². The second-order valence-corrected chi connectivity index (χ2v) is 9.74. The third-order valence-corrected chi connectivity index (χ3v) is 6.98. The van der Waals surface area contributed by atoms with Crippen molar-refractivity contribution in [1.82, 2.24) is 4.98 Å². The predicted octanol–water partition coefficient (Wildman–Crippen LogP) is 7.26. The van der Waals surface area contributed by atoms with Crippen LogP contribution in [0.1, 0.15) is 86.9 Å². The lowest BCUT2D eigenvalue weighted by Crippen LogP contribution is -2.34. The van der Waals surface area contributed by atoms with Gasteiger partial charge in [-0.2, -0.15) is 0 Å². The van der Waals surface area contributed by atoms with Gasteiger partial charge in [0.05, 0.1) is 5.69 Å². The molecule has 1 heteroatoms. The zero-order chi connectivity index (χ0) is 20.7.